The summed E-state index contributed by atoms with van der Waals surface area (Å²) < 4.78 is 7.03. The van der Waals surface area contributed by atoms with Crippen LogP contribution in [0, 0.1) is 0 Å². The molecule has 1 aromatic heterocycles. The summed E-state index contributed by atoms with van der Waals surface area (Å²) in [6.45, 7) is 3.32. The highest BCUT2D eigenvalue weighted by molar-refractivity contribution is 8.00. The van der Waals surface area contributed by atoms with E-state index in [-0.39, 0.29) is 23.3 Å². The van der Waals surface area contributed by atoms with Gasteiger partial charge in [-0.3, -0.25) is 19.4 Å². The Kier molecular flexibility index (Phi) is 5.08. The molecule has 0 saturated heterocycles. The third kappa shape index (κ3) is 3.48. The largest absolute Gasteiger partial charge is 0.482 e. The first kappa shape index (κ1) is 18.1. The van der Waals surface area contributed by atoms with Crippen LogP contribution in [0.3, 0.4) is 0 Å². The molecule has 2 heterocycles. The number of anilines is 1. The van der Waals surface area contributed by atoms with Crippen LogP contribution < -0.4 is 15.6 Å². The fourth-order valence-corrected chi connectivity index (χ4v) is 3.99. The lowest BCUT2D eigenvalue weighted by molar-refractivity contribution is -0.139. The molecule has 8 nitrogen and oxygen atoms in total. The number of hydrogen-bond acceptors (Lipinski definition) is 5. The van der Waals surface area contributed by atoms with Crippen molar-refractivity contribution in [3.8, 4) is 5.75 Å². The van der Waals surface area contributed by atoms with Gasteiger partial charge in [0.25, 0.3) is 5.56 Å². The Morgan fingerprint density at radius 2 is 2.12 bits per heavy atom. The maximum atomic E-state index is 12.6. The second-order valence-electron chi connectivity index (χ2n) is 6.13. The van der Waals surface area contributed by atoms with Gasteiger partial charge in [0.15, 0.2) is 6.61 Å². The van der Waals surface area contributed by atoms with Crippen LogP contribution in [0.2, 0.25) is 0 Å². The molecular weight excluding hydrogens is 358 g/mol. The molecule has 0 spiro atoms. The Morgan fingerprint density at radius 3 is 2.81 bits per heavy atom. The van der Waals surface area contributed by atoms with E-state index in [1.165, 1.54) is 11.8 Å². The molecule has 3 rings (SSSR count). The first-order chi connectivity index (χ1) is 12.4. The lowest BCUT2D eigenvalue weighted by atomic mass is 10.0. The molecule has 138 valence electrons. The number of rotatable bonds is 5. The first-order valence-electron chi connectivity index (χ1n) is 8.08. The number of carboxylic acid groups (broad SMARTS) is 1. The molecule has 0 radical (unpaired) electrons. The van der Waals surface area contributed by atoms with Gasteiger partial charge in [-0.2, -0.15) is 0 Å². The van der Waals surface area contributed by atoms with Crippen molar-refractivity contribution in [3.05, 3.63) is 45.7 Å². The van der Waals surface area contributed by atoms with Crippen molar-refractivity contribution in [2.75, 3.05) is 17.7 Å². The van der Waals surface area contributed by atoms with E-state index < -0.39 is 17.8 Å². The number of aromatic amines is 1. The van der Waals surface area contributed by atoms with Crippen LogP contribution in [0.25, 0.3) is 0 Å². The van der Waals surface area contributed by atoms with Crippen molar-refractivity contribution < 1.29 is 19.4 Å². The number of carboxylic acids is 1. The van der Waals surface area contributed by atoms with Crippen LogP contribution in [0.4, 0.5) is 5.82 Å². The van der Waals surface area contributed by atoms with Gasteiger partial charge in [0.05, 0.1) is 16.6 Å². The van der Waals surface area contributed by atoms with Crippen LogP contribution in [0.1, 0.15) is 36.3 Å². The van der Waals surface area contributed by atoms with Gasteiger partial charge in [-0.25, -0.2) is 4.79 Å². The standard InChI is InChI=1S/C17H19N3O5S/c1-9(2)20-16-14(17(24)19-20)15(26-8-12(21)18-16)10-5-3-4-6-11(10)25-7-13(22)23/h3-6,9,15H,7-8H2,1-2H3,(H,18,21)(H,19,24)(H,22,23)/t15-/m1/s1. The molecule has 1 atom stereocenters. The highest BCUT2D eigenvalue weighted by Crippen LogP contribution is 2.43. The molecule has 1 amide bonds. The number of fused-ring (bicyclic) bond motifs is 1. The minimum absolute atomic E-state index is 0.0472. The average molecular weight is 377 g/mol. The fraction of sp³-hybridized carbons (Fsp3) is 0.353. The zero-order valence-electron chi connectivity index (χ0n) is 14.3. The van der Waals surface area contributed by atoms with E-state index in [0.29, 0.717) is 22.7 Å². The molecule has 26 heavy (non-hydrogen) atoms. The van der Waals surface area contributed by atoms with Crippen LogP contribution in [0.15, 0.2) is 29.1 Å². The number of carbonyl (C=O) groups is 2. The number of ether oxygens (including phenoxy) is 1. The number of amides is 1. The molecule has 2 aromatic rings. The molecule has 1 aliphatic heterocycles. The molecule has 1 aliphatic rings. The summed E-state index contributed by atoms with van der Waals surface area (Å²) in [4.78, 5) is 35.6. The number of nitrogens with one attached hydrogen (secondary N) is 2. The normalized spacial score (nSPS) is 16.7. The molecule has 0 bridgehead atoms. The first-order valence-corrected chi connectivity index (χ1v) is 9.12. The molecule has 9 heteroatoms. The van der Waals surface area contributed by atoms with Gasteiger partial charge in [0.2, 0.25) is 5.91 Å². The van der Waals surface area contributed by atoms with Gasteiger partial charge in [-0.1, -0.05) is 18.2 Å². The van der Waals surface area contributed by atoms with Gasteiger partial charge in [0, 0.05) is 11.6 Å². The van der Waals surface area contributed by atoms with Crippen LogP contribution in [-0.2, 0) is 9.59 Å². The molecule has 1 aromatic carbocycles. The van der Waals surface area contributed by atoms with Gasteiger partial charge in [0.1, 0.15) is 11.6 Å². The maximum Gasteiger partial charge on any atom is 0.341 e. The number of thioether (sulfide) groups is 1. The summed E-state index contributed by atoms with van der Waals surface area (Å²) in [5.41, 5.74) is 0.797. The summed E-state index contributed by atoms with van der Waals surface area (Å²) in [5, 5.41) is 14.0. The fourth-order valence-electron chi connectivity index (χ4n) is 2.84. The number of nitrogens with zero attached hydrogens (tertiary/aromatic N) is 1. The highest BCUT2D eigenvalue weighted by atomic mass is 32.2. The summed E-state index contributed by atoms with van der Waals surface area (Å²) >= 11 is 1.30. The molecule has 0 aliphatic carbocycles. The van der Waals surface area contributed by atoms with Crippen molar-refractivity contribution in [2.45, 2.75) is 25.1 Å². The summed E-state index contributed by atoms with van der Waals surface area (Å²) in [5.74, 6) is -0.294. The second kappa shape index (κ2) is 7.28. The van der Waals surface area contributed by atoms with E-state index >= 15 is 0 Å². The number of hydrogen-bond donors (Lipinski definition) is 3. The lowest BCUT2D eigenvalue weighted by Crippen LogP contribution is -2.17. The predicted octanol–water partition coefficient (Wildman–Crippen LogP) is 2.00. The average Bonchev–Trinajstić information content (AvgIpc) is 2.80. The Hall–Kier alpha value is -2.68. The van der Waals surface area contributed by atoms with E-state index in [1.54, 1.807) is 28.9 Å². The smallest absolute Gasteiger partial charge is 0.341 e. The predicted molar refractivity (Wildman–Crippen MR) is 97.9 cm³/mol. The third-order valence-corrected chi connectivity index (χ3v) is 5.18. The number of aromatic nitrogens is 2. The molecule has 0 fully saturated rings. The zero-order chi connectivity index (χ0) is 18.8. The molecule has 0 saturated carbocycles. The monoisotopic (exact) mass is 377 g/mol. The topological polar surface area (TPSA) is 113 Å². The lowest BCUT2D eigenvalue weighted by Gasteiger charge is -2.18. The van der Waals surface area contributed by atoms with Crippen LogP contribution >= 0.6 is 11.8 Å². The number of carbonyl (C=O) groups excluding carboxylic acids is 1. The second-order valence-corrected chi connectivity index (χ2v) is 7.22. The third-order valence-electron chi connectivity index (χ3n) is 3.93. The van der Waals surface area contributed by atoms with Crippen LogP contribution in [0.5, 0.6) is 5.75 Å². The minimum atomic E-state index is -1.09. The highest BCUT2D eigenvalue weighted by Gasteiger charge is 2.32. The van der Waals surface area contributed by atoms with E-state index in [9.17, 15) is 14.4 Å². The number of H-pyrrole nitrogens is 1. The van der Waals surface area contributed by atoms with Crippen molar-refractivity contribution >= 4 is 29.5 Å². The summed E-state index contributed by atoms with van der Waals surface area (Å²) in [7, 11) is 0. The van der Waals surface area contributed by atoms with E-state index in [0.717, 1.165) is 0 Å². The van der Waals surface area contributed by atoms with Gasteiger partial charge in [-0.05, 0) is 19.9 Å². The number of aliphatic carboxylic acids is 1. The van der Waals surface area contributed by atoms with Crippen molar-refractivity contribution in [1.82, 2.24) is 9.78 Å². The summed E-state index contributed by atoms with van der Waals surface area (Å²) in [6.07, 6.45) is 0. The molecule has 0 unspecified atom stereocenters. The van der Waals surface area contributed by atoms with Gasteiger partial charge < -0.3 is 15.2 Å². The quantitative estimate of drug-likeness (QED) is 0.734. The molecular formula is C17H19N3O5S. The van der Waals surface area contributed by atoms with Crippen molar-refractivity contribution in [2.24, 2.45) is 0 Å². The van der Waals surface area contributed by atoms with E-state index in [2.05, 4.69) is 10.4 Å². The SMILES string of the molecule is CC(C)n1[nH]c(=O)c2c1NC(=O)CS[C@@H]2c1ccccc1OCC(=O)O. The molecule has 3 N–H and O–H groups in total. The van der Waals surface area contributed by atoms with E-state index in [1.807, 2.05) is 13.8 Å². The van der Waals surface area contributed by atoms with E-state index in [4.69, 9.17) is 9.84 Å². The van der Waals surface area contributed by atoms with Crippen LogP contribution in [-0.4, -0.2) is 39.1 Å². The van der Waals surface area contributed by atoms with Gasteiger partial charge in [-0.15, -0.1) is 11.8 Å². The number of para-hydroxylation sites is 1. The van der Waals surface area contributed by atoms with Crippen molar-refractivity contribution in [3.63, 3.8) is 0 Å². The Morgan fingerprint density at radius 1 is 1.38 bits per heavy atom. The summed E-state index contributed by atoms with van der Waals surface area (Å²) in [6, 6.07) is 6.91. The maximum absolute atomic E-state index is 12.6. The zero-order valence-corrected chi connectivity index (χ0v) is 15.1. The Balaban J connectivity index is 2.12. The van der Waals surface area contributed by atoms with Crippen molar-refractivity contribution in [1.29, 1.82) is 0 Å². The van der Waals surface area contributed by atoms with Gasteiger partial charge >= 0.3 is 5.97 Å². The minimum Gasteiger partial charge on any atom is -0.482 e. The Labute approximate surface area is 153 Å². The number of benzene rings is 1. The Bertz CT molecular complexity index is 902.